The summed E-state index contributed by atoms with van der Waals surface area (Å²) >= 11 is 0. The highest BCUT2D eigenvalue weighted by Crippen LogP contribution is 2.29. The molecule has 1 saturated carbocycles. The second-order valence-corrected chi connectivity index (χ2v) is 7.41. The molecule has 0 unspecified atom stereocenters. The van der Waals surface area contributed by atoms with Crippen molar-refractivity contribution in [3.63, 3.8) is 0 Å². The van der Waals surface area contributed by atoms with Crippen molar-refractivity contribution in [1.82, 2.24) is 10.6 Å². The summed E-state index contributed by atoms with van der Waals surface area (Å²) in [5.41, 5.74) is -0.167. The molecule has 0 heterocycles. The van der Waals surface area contributed by atoms with Gasteiger partial charge in [-0.05, 0) is 30.4 Å². The van der Waals surface area contributed by atoms with Gasteiger partial charge in [0.05, 0.1) is 0 Å². The van der Waals surface area contributed by atoms with Gasteiger partial charge in [0, 0.05) is 6.08 Å². The normalized spacial score (nSPS) is 17.4. The van der Waals surface area contributed by atoms with Crippen LogP contribution in [0.2, 0.25) is 0 Å². The largest absolute Gasteiger partial charge is 0.480 e. The van der Waals surface area contributed by atoms with Gasteiger partial charge in [-0.25, -0.2) is 4.79 Å². The molecule has 2 amide bonds. The average molecular weight is 372 g/mol. The van der Waals surface area contributed by atoms with E-state index in [0.717, 1.165) is 24.8 Å². The monoisotopic (exact) mass is 372 g/mol. The summed E-state index contributed by atoms with van der Waals surface area (Å²) in [6.45, 7) is 3.49. The Labute approximate surface area is 160 Å². The van der Waals surface area contributed by atoms with Gasteiger partial charge in [-0.15, -0.1) is 0 Å². The number of carboxylic acids is 1. The van der Waals surface area contributed by atoms with Crippen LogP contribution >= 0.6 is 0 Å². The zero-order valence-electron chi connectivity index (χ0n) is 15.9. The molecule has 1 fully saturated rings. The fourth-order valence-electron chi connectivity index (χ4n) is 3.37. The average Bonchev–Trinajstić information content (AvgIpc) is 2.65. The number of rotatable bonds is 7. The van der Waals surface area contributed by atoms with Crippen molar-refractivity contribution in [3.8, 4) is 0 Å². The molecule has 1 atom stereocenters. The van der Waals surface area contributed by atoms with E-state index in [1.165, 1.54) is 6.08 Å². The highest BCUT2D eigenvalue weighted by atomic mass is 16.4. The van der Waals surface area contributed by atoms with E-state index in [0.29, 0.717) is 12.8 Å². The minimum absolute atomic E-state index is 0.249. The standard InChI is InChI=1S/C21H28N2O4/c1-15(2)18(19(25)26)22-20(27)21(13-7-4-8-14-21)23-17(24)12-11-16-9-5-3-6-10-16/h3,5-6,9-12,15,18H,4,7-8,13-14H2,1-2H3,(H,22,27)(H,23,24)(H,25,26)/b12-11+/t18-/m0/s1. The van der Waals surface area contributed by atoms with Crippen LogP contribution in [-0.2, 0) is 14.4 Å². The molecule has 1 aliphatic carbocycles. The minimum Gasteiger partial charge on any atom is -0.480 e. The van der Waals surface area contributed by atoms with Crippen LogP contribution < -0.4 is 10.6 Å². The summed E-state index contributed by atoms with van der Waals surface area (Å²) in [5, 5.41) is 14.8. The molecule has 0 saturated heterocycles. The number of carbonyl (C=O) groups is 3. The molecule has 2 rings (SSSR count). The third-order valence-electron chi connectivity index (χ3n) is 4.95. The van der Waals surface area contributed by atoms with Crippen LogP contribution in [0.15, 0.2) is 36.4 Å². The number of nitrogens with one attached hydrogen (secondary N) is 2. The SMILES string of the molecule is CC(C)[C@H](NC(=O)C1(NC(=O)/C=C/c2ccccc2)CCCCC1)C(=O)O. The lowest BCUT2D eigenvalue weighted by atomic mass is 9.80. The van der Waals surface area contributed by atoms with Crippen LogP contribution in [-0.4, -0.2) is 34.5 Å². The lowest BCUT2D eigenvalue weighted by molar-refractivity contribution is -0.145. The maximum absolute atomic E-state index is 12.9. The van der Waals surface area contributed by atoms with Gasteiger partial charge in [0.1, 0.15) is 11.6 Å². The predicted molar refractivity (Wildman–Crippen MR) is 104 cm³/mol. The first kappa shape index (κ1) is 20.7. The summed E-state index contributed by atoms with van der Waals surface area (Å²) in [5.74, 6) is -2.09. The van der Waals surface area contributed by atoms with Crippen molar-refractivity contribution in [1.29, 1.82) is 0 Å². The number of aliphatic carboxylic acids is 1. The fourth-order valence-corrected chi connectivity index (χ4v) is 3.37. The molecule has 1 aromatic carbocycles. The third kappa shape index (κ3) is 5.67. The molecule has 1 aromatic rings. The molecule has 27 heavy (non-hydrogen) atoms. The number of carboxylic acid groups (broad SMARTS) is 1. The minimum atomic E-state index is -1.07. The number of hydrogen-bond donors (Lipinski definition) is 3. The smallest absolute Gasteiger partial charge is 0.326 e. The number of benzene rings is 1. The molecule has 0 spiro atoms. The van der Waals surface area contributed by atoms with Crippen molar-refractivity contribution >= 4 is 23.9 Å². The lowest BCUT2D eigenvalue weighted by Crippen LogP contribution is -2.62. The fraction of sp³-hybridized carbons (Fsp3) is 0.476. The summed E-state index contributed by atoms with van der Waals surface area (Å²) in [6.07, 6.45) is 6.75. The van der Waals surface area contributed by atoms with Gasteiger partial charge in [0.15, 0.2) is 0 Å². The van der Waals surface area contributed by atoms with E-state index in [1.807, 2.05) is 30.3 Å². The molecular formula is C21H28N2O4. The number of carbonyl (C=O) groups excluding carboxylic acids is 2. The molecule has 146 valence electrons. The Morgan fingerprint density at radius 3 is 2.26 bits per heavy atom. The van der Waals surface area contributed by atoms with Crippen molar-refractivity contribution in [2.45, 2.75) is 57.5 Å². The summed E-state index contributed by atoms with van der Waals surface area (Å²) in [7, 11) is 0. The second kappa shape index (κ2) is 9.35. The van der Waals surface area contributed by atoms with Gasteiger partial charge < -0.3 is 15.7 Å². The van der Waals surface area contributed by atoms with Crippen LogP contribution in [0.1, 0.15) is 51.5 Å². The Morgan fingerprint density at radius 1 is 1.07 bits per heavy atom. The van der Waals surface area contributed by atoms with Crippen molar-refractivity contribution in [3.05, 3.63) is 42.0 Å². The molecule has 6 heteroatoms. The predicted octanol–water partition coefficient (Wildman–Crippen LogP) is 2.74. The van der Waals surface area contributed by atoms with Gasteiger partial charge in [0.2, 0.25) is 11.8 Å². The van der Waals surface area contributed by atoms with Gasteiger partial charge in [-0.2, -0.15) is 0 Å². The Morgan fingerprint density at radius 2 is 1.70 bits per heavy atom. The Bertz CT molecular complexity index is 691. The van der Waals surface area contributed by atoms with E-state index in [-0.39, 0.29) is 11.8 Å². The molecule has 0 aromatic heterocycles. The number of hydrogen-bond acceptors (Lipinski definition) is 3. The Kier molecular flexibility index (Phi) is 7.16. The third-order valence-corrected chi connectivity index (χ3v) is 4.95. The van der Waals surface area contributed by atoms with Crippen LogP contribution in [0.3, 0.4) is 0 Å². The van der Waals surface area contributed by atoms with Crippen LogP contribution in [0.4, 0.5) is 0 Å². The second-order valence-electron chi connectivity index (χ2n) is 7.41. The van der Waals surface area contributed by atoms with Gasteiger partial charge in [-0.3, -0.25) is 9.59 Å². The van der Waals surface area contributed by atoms with Gasteiger partial charge in [-0.1, -0.05) is 63.4 Å². The van der Waals surface area contributed by atoms with E-state index in [4.69, 9.17) is 0 Å². The highest BCUT2D eigenvalue weighted by Gasteiger charge is 2.42. The zero-order valence-corrected chi connectivity index (χ0v) is 15.9. The topological polar surface area (TPSA) is 95.5 Å². The van der Waals surface area contributed by atoms with Crippen LogP contribution in [0, 0.1) is 5.92 Å². The molecule has 1 aliphatic rings. The summed E-state index contributed by atoms with van der Waals surface area (Å²) in [6, 6.07) is 8.44. The molecule has 0 bridgehead atoms. The number of amides is 2. The zero-order chi connectivity index (χ0) is 19.9. The highest BCUT2D eigenvalue weighted by molar-refractivity contribution is 5.98. The van der Waals surface area contributed by atoms with Crippen molar-refractivity contribution in [2.24, 2.45) is 5.92 Å². The van der Waals surface area contributed by atoms with E-state index >= 15 is 0 Å². The van der Waals surface area contributed by atoms with E-state index in [2.05, 4.69) is 10.6 Å². The quantitative estimate of drug-likeness (QED) is 0.641. The van der Waals surface area contributed by atoms with Crippen molar-refractivity contribution < 1.29 is 19.5 Å². The Balaban J connectivity index is 2.13. The van der Waals surface area contributed by atoms with Crippen LogP contribution in [0.5, 0.6) is 0 Å². The lowest BCUT2D eigenvalue weighted by Gasteiger charge is -2.37. The molecule has 0 radical (unpaired) electrons. The van der Waals surface area contributed by atoms with E-state index in [9.17, 15) is 19.5 Å². The maximum Gasteiger partial charge on any atom is 0.326 e. The maximum atomic E-state index is 12.9. The molecular weight excluding hydrogens is 344 g/mol. The van der Waals surface area contributed by atoms with Crippen molar-refractivity contribution in [2.75, 3.05) is 0 Å². The first-order valence-electron chi connectivity index (χ1n) is 9.43. The van der Waals surface area contributed by atoms with Gasteiger partial charge >= 0.3 is 5.97 Å². The van der Waals surface area contributed by atoms with E-state index in [1.54, 1.807) is 19.9 Å². The summed E-state index contributed by atoms with van der Waals surface area (Å²) < 4.78 is 0. The molecule has 0 aliphatic heterocycles. The van der Waals surface area contributed by atoms with Crippen LogP contribution in [0.25, 0.3) is 6.08 Å². The molecule has 3 N–H and O–H groups in total. The Hall–Kier alpha value is -2.63. The first-order valence-corrected chi connectivity index (χ1v) is 9.43. The summed E-state index contributed by atoms with van der Waals surface area (Å²) in [4.78, 5) is 36.8. The first-order chi connectivity index (χ1) is 12.8. The van der Waals surface area contributed by atoms with Gasteiger partial charge in [0.25, 0.3) is 0 Å². The molecule has 6 nitrogen and oxygen atoms in total. The van der Waals surface area contributed by atoms with E-state index < -0.39 is 23.5 Å².